The average molecular weight is 405 g/mol. The molecule has 3 rings (SSSR count). The molecule has 0 fully saturated rings. The van der Waals surface area contributed by atoms with Gasteiger partial charge in [0, 0.05) is 16.3 Å². The SMILES string of the molecule is CCCc1nc(CO)n(-c2ccc(Cl)cc2C(=O)c2c(F)cccc2F)c1C. The summed E-state index contributed by atoms with van der Waals surface area (Å²) in [4.78, 5) is 17.5. The summed E-state index contributed by atoms with van der Waals surface area (Å²) in [6.45, 7) is 3.48. The van der Waals surface area contributed by atoms with Crippen molar-refractivity contribution in [2.45, 2.75) is 33.3 Å². The van der Waals surface area contributed by atoms with Crippen molar-refractivity contribution in [3.05, 3.63) is 81.4 Å². The second-order valence-corrected chi connectivity index (χ2v) is 6.83. The third-order valence-corrected chi connectivity index (χ3v) is 4.77. The molecule has 0 bridgehead atoms. The number of halogens is 3. The summed E-state index contributed by atoms with van der Waals surface area (Å²) >= 11 is 6.07. The molecule has 28 heavy (non-hydrogen) atoms. The van der Waals surface area contributed by atoms with Crippen LogP contribution in [0, 0.1) is 18.6 Å². The number of aliphatic hydroxyl groups excluding tert-OH is 1. The normalized spacial score (nSPS) is 11.1. The van der Waals surface area contributed by atoms with Crippen molar-refractivity contribution in [2.24, 2.45) is 0 Å². The number of nitrogens with zero attached hydrogens (tertiary/aromatic N) is 2. The number of aryl methyl sites for hydroxylation is 1. The predicted octanol–water partition coefficient (Wildman–Crippen LogP) is 4.79. The fourth-order valence-corrected chi connectivity index (χ4v) is 3.42. The van der Waals surface area contributed by atoms with Crippen molar-refractivity contribution < 1.29 is 18.7 Å². The first-order chi connectivity index (χ1) is 13.4. The second kappa shape index (κ2) is 8.20. The van der Waals surface area contributed by atoms with Crippen LogP contribution < -0.4 is 0 Å². The summed E-state index contributed by atoms with van der Waals surface area (Å²) in [5.74, 6) is -2.40. The van der Waals surface area contributed by atoms with E-state index in [1.165, 1.54) is 12.1 Å². The van der Waals surface area contributed by atoms with Crippen LogP contribution in [0.5, 0.6) is 0 Å². The van der Waals surface area contributed by atoms with Crippen LogP contribution in [0.15, 0.2) is 36.4 Å². The van der Waals surface area contributed by atoms with Crippen molar-refractivity contribution in [3.63, 3.8) is 0 Å². The molecule has 0 spiro atoms. The van der Waals surface area contributed by atoms with Crippen molar-refractivity contribution >= 4 is 17.4 Å². The number of rotatable bonds is 6. The van der Waals surface area contributed by atoms with Gasteiger partial charge in [-0.25, -0.2) is 13.8 Å². The van der Waals surface area contributed by atoms with Crippen molar-refractivity contribution in [1.82, 2.24) is 9.55 Å². The quantitative estimate of drug-likeness (QED) is 0.601. The molecule has 3 aromatic rings. The van der Waals surface area contributed by atoms with Crippen LogP contribution in [0.4, 0.5) is 8.78 Å². The van der Waals surface area contributed by atoms with Crippen molar-refractivity contribution in [2.75, 3.05) is 0 Å². The average Bonchev–Trinajstić information content (AvgIpc) is 2.97. The standard InChI is InChI=1S/C21H19ClF2N2O2/c1-3-5-17-12(2)26(19(11-27)25-17)18-9-8-13(22)10-14(18)21(28)20-15(23)6-4-7-16(20)24/h4,6-10,27H,3,5,11H2,1-2H3. The van der Waals surface area contributed by atoms with E-state index in [1.807, 2.05) is 13.8 Å². The number of hydrogen-bond donors (Lipinski definition) is 1. The highest BCUT2D eigenvalue weighted by atomic mass is 35.5. The highest BCUT2D eigenvalue weighted by Crippen LogP contribution is 2.28. The number of hydrogen-bond acceptors (Lipinski definition) is 3. The van der Waals surface area contributed by atoms with Gasteiger partial charge in [0.25, 0.3) is 0 Å². The first-order valence-electron chi connectivity index (χ1n) is 8.85. The van der Waals surface area contributed by atoms with Crippen LogP contribution in [0.3, 0.4) is 0 Å². The van der Waals surface area contributed by atoms with E-state index < -0.39 is 23.0 Å². The minimum absolute atomic E-state index is 0.0229. The molecule has 1 heterocycles. The molecule has 0 unspecified atom stereocenters. The van der Waals surface area contributed by atoms with Crippen LogP contribution in [-0.4, -0.2) is 20.4 Å². The van der Waals surface area contributed by atoms with E-state index in [2.05, 4.69) is 4.98 Å². The van der Waals surface area contributed by atoms with Crippen LogP contribution in [0.1, 0.15) is 46.5 Å². The molecule has 1 aromatic heterocycles. The lowest BCUT2D eigenvalue weighted by Crippen LogP contribution is -2.13. The summed E-state index contributed by atoms with van der Waals surface area (Å²) < 4.78 is 30.0. The molecular weight excluding hydrogens is 386 g/mol. The molecule has 0 amide bonds. The Morgan fingerprint density at radius 3 is 2.50 bits per heavy atom. The molecule has 1 N–H and O–H groups in total. The molecule has 0 aliphatic carbocycles. The van der Waals surface area contributed by atoms with Crippen molar-refractivity contribution in [1.29, 1.82) is 0 Å². The Kier molecular flexibility index (Phi) is 5.91. The smallest absolute Gasteiger partial charge is 0.201 e. The molecule has 0 atom stereocenters. The summed E-state index contributed by atoms with van der Waals surface area (Å²) in [5, 5.41) is 10.0. The molecule has 146 valence electrons. The van der Waals surface area contributed by atoms with Gasteiger partial charge in [0.15, 0.2) is 0 Å². The number of imidazole rings is 1. The van der Waals surface area contributed by atoms with E-state index in [0.29, 0.717) is 17.9 Å². The maximum Gasteiger partial charge on any atom is 0.201 e. The van der Waals surface area contributed by atoms with Gasteiger partial charge in [-0.15, -0.1) is 0 Å². The number of ketones is 1. The zero-order valence-corrected chi connectivity index (χ0v) is 16.2. The number of aliphatic hydroxyl groups is 1. The Hall–Kier alpha value is -2.57. The van der Waals surface area contributed by atoms with Gasteiger partial charge >= 0.3 is 0 Å². The molecule has 0 aliphatic rings. The lowest BCUT2D eigenvalue weighted by atomic mass is 10.00. The van der Waals surface area contributed by atoms with Gasteiger partial charge in [0.1, 0.15) is 24.1 Å². The zero-order chi connectivity index (χ0) is 20.4. The number of aromatic nitrogens is 2. The Balaban J connectivity index is 2.25. The van der Waals surface area contributed by atoms with Crippen LogP contribution in [0.2, 0.25) is 5.02 Å². The number of carbonyl (C=O) groups excluding carboxylic acids is 1. The van der Waals surface area contributed by atoms with Gasteiger partial charge < -0.3 is 5.11 Å². The molecule has 7 heteroatoms. The third kappa shape index (κ3) is 3.57. The van der Waals surface area contributed by atoms with E-state index >= 15 is 0 Å². The lowest BCUT2D eigenvalue weighted by Gasteiger charge is -2.15. The topological polar surface area (TPSA) is 55.1 Å². The van der Waals surface area contributed by atoms with E-state index in [9.17, 15) is 18.7 Å². The molecule has 0 aliphatic heterocycles. The molecule has 0 radical (unpaired) electrons. The molecule has 0 saturated heterocycles. The molecular formula is C21H19ClF2N2O2. The molecule has 0 saturated carbocycles. The van der Waals surface area contributed by atoms with E-state index in [0.717, 1.165) is 29.9 Å². The Bertz CT molecular complexity index is 1030. The van der Waals surface area contributed by atoms with Gasteiger partial charge in [-0.2, -0.15) is 0 Å². The summed E-state index contributed by atoms with van der Waals surface area (Å²) in [6.07, 6.45) is 1.56. The minimum atomic E-state index is -0.952. The maximum absolute atomic E-state index is 14.2. The van der Waals surface area contributed by atoms with Gasteiger partial charge in [0.05, 0.1) is 16.9 Å². The van der Waals surface area contributed by atoms with Crippen LogP contribution >= 0.6 is 11.6 Å². The van der Waals surface area contributed by atoms with Crippen molar-refractivity contribution in [3.8, 4) is 5.69 Å². The Morgan fingerprint density at radius 1 is 1.21 bits per heavy atom. The van der Waals surface area contributed by atoms with Gasteiger partial charge in [0.2, 0.25) is 5.78 Å². The van der Waals surface area contributed by atoms with E-state index in [4.69, 9.17) is 11.6 Å². The van der Waals surface area contributed by atoms with E-state index in [-0.39, 0.29) is 17.2 Å². The lowest BCUT2D eigenvalue weighted by molar-refractivity contribution is 0.103. The summed E-state index contributed by atoms with van der Waals surface area (Å²) in [6, 6.07) is 7.78. The second-order valence-electron chi connectivity index (χ2n) is 6.39. The van der Waals surface area contributed by atoms with Gasteiger partial charge in [-0.3, -0.25) is 9.36 Å². The largest absolute Gasteiger partial charge is 0.388 e. The number of carbonyl (C=O) groups is 1. The summed E-state index contributed by atoms with van der Waals surface area (Å²) in [7, 11) is 0. The van der Waals surface area contributed by atoms with Crippen LogP contribution in [0.25, 0.3) is 5.69 Å². The highest BCUT2D eigenvalue weighted by molar-refractivity contribution is 6.31. The minimum Gasteiger partial charge on any atom is -0.388 e. The zero-order valence-electron chi connectivity index (χ0n) is 15.5. The monoisotopic (exact) mass is 404 g/mol. The molecule has 4 nitrogen and oxygen atoms in total. The maximum atomic E-state index is 14.2. The van der Waals surface area contributed by atoms with Gasteiger partial charge in [-0.05, 0) is 43.7 Å². The van der Waals surface area contributed by atoms with Gasteiger partial charge in [-0.1, -0.05) is 31.0 Å². The first kappa shape index (κ1) is 20.2. The fraction of sp³-hybridized carbons (Fsp3) is 0.238. The predicted molar refractivity (Wildman–Crippen MR) is 103 cm³/mol. The van der Waals surface area contributed by atoms with E-state index in [1.54, 1.807) is 16.7 Å². The molecule has 2 aromatic carbocycles. The Morgan fingerprint density at radius 2 is 1.89 bits per heavy atom. The third-order valence-electron chi connectivity index (χ3n) is 4.54. The Labute approximate surface area is 166 Å². The number of benzene rings is 2. The fourth-order valence-electron chi connectivity index (χ4n) is 3.24. The summed E-state index contributed by atoms with van der Waals surface area (Å²) in [5.41, 5.74) is 1.26. The highest BCUT2D eigenvalue weighted by Gasteiger charge is 2.24. The van der Waals surface area contributed by atoms with Crippen LogP contribution in [-0.2, 0) is 13.0 Å². The first-order valence-corrected chi connectivity index (χ1v) is 9.23.